The Morgan fingerprint density at radius 3 is 2.58 bits per heavy atom. The Morgan fingerprint density at radius 1 is 1.19 bits per heavy atom. The fourth-order valence-electron chi connectivity index (χ4n) is 3.47. The number of unbranched alkanes of at least 4 members (excludes halogenated alkanes) is 1. The summed E-state index contributed by atoms with van der Waals surface area (Å²) >= 11 is 0. The summed E-state index contributed by atoms with van der Waals surface area (Å²) in [5, 5.41) is 12.0. The molecule has 2 atom stereocenters. The molecule has 164 valence electrons. The van der Waals surface area contributed by atoms with Crippen molar-refractivity contribution < 1.29 is 14.7 Å². The summed E-state index contributed by atoms with van der Waals surface area (Å²) in [6.07, 6.45) is 6.88. The van der Waals surface area contributed by atoms with Crippen molar-refractivity contribution in [3.63, 3.8) is 0 Å². The number of hydrogen-bond donors (Lipinski definition) is 2. The lowest BCUT2D eigenvalue weighted by Gasteiger charge is -2.20. The number of aliphatic carboxylic acids is 1. The van der Waals surface area contributed by atoms with Crippen molar-refractivity contribution in [1.29, 1.82) is 0 Å². The Balaban J connectivity index is 1.78. The number of hydrogen-bond acceptors (Lipinski definition) is 5. The van der Waals surface area contributed by atoms with E-state index in [0.717, 1.165) is 41.8 Å². The Hall–Kier alpha value is -3.29. The summed E-state index contributed by atoms with van der Waals surface area (Å²) in [5.74, 6) is -0.590. The molecule has 8 heteroatoms. The van der Waals surface area contributed by atoms with Crippen molar-refractivity contribution in [3.8, 4) is 0 Å². The summed E-state index contributed by atoms with van der Waals surface area (Å²) in [5.41, 5.74) is 3.00. The third-order valence-electron chi connectivity index (χ3n) is 5.57. The molecule has 0 bridgehead atoms. The van der Waals surface area contributed by atoms with E-state index >= 15 is 0 Å². The molecule has 0 unspecified atom stereocenters. The number of amides is 1. The van der Waals surface area contributed by atoms with Crippen molar-refractivity contribution >= 4 is 23.0 Å². The molecule has 0 spiro atoms. The van der Waals surface area contributed by atoms with Gasteiger partial charge in [0.25, 0.3) is 5.91 Å². The van der Waals surface area contributed by atoms with Crippen LogP contribution in [0.1, 0.15) is 61.8 Å². The first-order chi connectivity index (χ1) is 14.9. The van der Waals surface area contributed by atoms with Crippen molar-refractivity contribution in [2.24, 2.45) is 5.92 Å². The van der Waals surface area contributed by atoms with Gasteiger partial charge in [0.15, 0.2) is 5.65 Å². The molecule has 0 fully saturated rings. The fourth-order valence-corrected chi connectivity index (χ4v) is 3.47. The highest BCUT2D eigenvalue weighted by molar-refractivity contribution is 5.96. The van der Waals surface area contributed by atoms with E-state index in [0.29, 0.717) is 18.5 Å². The lowest BCUT2D eigenvalue weighted by molar-refractivity contribution is -0.140. The number of aryl methyl sites for hydroxylation is 1. The molecule has 0 radical (unpaired) electrons. The summed E-state index contributed by atoms with van der Waals surface area (Å²) in [7, 11) is 0. The van der Waals surface area contributed by atoms with Crippen LogP contribution in [-0.2, 0) is 17.8 Å². The van der Waals surface area contributed by atoms with E-state index in [-0.39, 0.29) is 11.8 Å². The van der Waals surface area contributed by atoms with E-state index in [1.54, 1.807) is 18.3 Å². The molecule has 0 aliphatic carbocycles. The maximum Gasteiger partial charge on any atom is 0.326 e. The molecular formula is C23H29N5O3. The molecule has 0 saturated carbocycles. The van der Waals surface area contributed by atoms with Crippen LogP contribution in [0.4, 0.5) is 0 Å². The summed E-state index contributed by atoms with van der Waals surface area (Å²) in [6.45, 7) is 6.45. The van der Waals surface area contributed by atoms with Gasteiger partial charge in [-0.05, 0) is 30.0 Å². The van der Waals surface area contributed by atoms with Gasteiger partial charge in [0, 0.05) is 12.0 Å². The third-order valence-corrected chi connectivity index (χ3v) is 5.57. The Labute approximate surface area is 181 Å². The number of nitrogens with one attached hydrogen (secondary N) is 1. The van der Waals surface area contributed by atoms with Crippen LogP contribution in [0.2, 0.25) is 0 Å². The molecule has 2 N–H and O–H groups in total. The van der Waals surface area contributed by atoms with Gasteiger partial charge >= 0.3 is 5.97 Å². The van der Waals surface area contributed by atoms with E-state index in [2.05, 4.69) is 31.8 Å². The first kappa shape index (κ1) is 22.4. The number of fused-ring (bicyclic) bond motifs is 1. The van der Waals surface area contributed by atoms with Gasteiger partial charge in [0.2, 0.25) is 0 Å². The van der Waals surface area contributed by atoms with Gasteiger partial charge in [0.05, 0.1) is 12.7 Å². The molecule has 2 aromatic heterocycles. The number of nitrogens with zero attached hydrogens (tertiary/aromatic N) is 4. The molecule has 31 heavy (non-hydrogen) atoms. The average Bonchev–Trinajstić information content (AvgIpc) is 3.12. The third kappa shape index (κ3) is 5.25. The van der Waals surface area contributed by atoms with Gasteiger partial charge in [-0.15, -0.1) is 0 Å². The number of imidazole rings is 1. The van der Waals surface area contributed by atoms with Crippen LogP contribution < -0.4 is 5.32 Å². The Bertz CT molecular complexity index is 1050. The zero-order chi connectivity index (χ0) is 22.4. The Morgan fingerprint density at radius 2 is 1.94 bits per heavy atom. The van der Waals surface area contributed by atoms with Crippen LogP contribution >= 0.6 is 0 Å². The van der Waals surface area contributed by atoms with E-state index in [1.807, 2.05) is 26.0 Å². The number of carboxylic acid groups (broad SMARTS) is 1. The Kier molecular flexibility index (Phi) is 7.33. The minimum atomic E-state index is -1.02. The maximum absolute atomic E-state index is 12.5. The van der Waals surface area contributed by atoms with E-state index in [1.165, 1.54) is 6.33 Å². The lowest BCUT2D eigenvalue weighted by atomic mass is 9.99. The molecule has 3 aromatic rings. The molecule has 1 amide bonds. The van der Waals surface area contributed by atoms with Gasteiger partial charge in [-0.3, -0.25) is 4.79 Å². The molecule has 8 nitrogen and oxygen atoms in total. The minimum Gasteiger partial charge on any atom is -0.480 e. The number of carbonyl (C=O) groups excluding carboxylic acids is 1. The summed E-state index contributed by atoms with van der Waals surface area (Å²) < 4.78 is 2.09. The zero-order valence-electron chi connectivity index (χ0n) is 18.2. The highest BCUT2D eigenvalue weighted by Gasteiger charge is 2.25. The number of benzene rings is 1. The lowest BCUT2D eigenvalue weighted by Crippen LogP contribution is -2.45. The molecule has 1 aromatic carbocycles. The monoisotopic (exact) mass is 423 g/mol. The first-order valence-corrected chi connectivity index (χ1v) is 10.7. The van der Waals surface area contributed by atoms with Crippen LogP contribution in [-0.4, -0.2) is 42.5 Å². The van der Waals surface area contributed by atoms with Gasteiger partial charge in [-0.25, -0.2) is 19.7 Å². The summed E-state index contributed by atoms with van der Waals surface area (Å²) in [4.78, 5) is 37.2. The number of carbonyl (C=O) groups is 2. The molecule has 0 aliphatic rings. The molecule has 0 aliphatic heterocycles. The smallest absolute Gasteiger partial charge is 0.326 e. The predicted octanol–water partition coefficient (Wildman–Crippen LogP) is 3.45. The summed E-state index contributed by atoms with van der Waals surface area (Å²) in [6, 6.07) is 6.30. The normalized spacial score (nSPS) is 13.1. The van der Waals surface area contributed by atoms with Gasteiger partial charge < -0.3 is 15.0 Å². The molecule has 0 saturated heterocycles. The molecule has 2 heterocycles. The standard InChI is InChI=1S/C23H29N5O3/c1-4-6-7-19-26-18-12-24-14-25-21(18)28(19)13-16-8-10-17(11-9-16)22(29)27-20(23(30)31)15(3)5-2/h8-12,14-15,20H,4-7,13H2,1-3H3,(H,27,29)(H,30,31)/t15-,20-/m0/s1. The van der Waals surface area contributed by atoms with E-state index in [4.69, 9.17) is 0 Å². The average molecular weight is 424 g/mol. The van der Waals surface area contributed by atoms with E-state index in [9.17, 15) is 14.7 Å². The number of aromatic nitrogens is 4. The van der Waals surface area contributed by atoms with Crippen LogP contribution in [0.25, 0.3) is 11.2 Å². The second-order valence-corrected chi connectivity index (χ2v) is 7.82. The minimum absolute atomic E-state index is 0.154. The predicted molar refractivity (Wildman–Crippen MR) is 118 cm³/mol. The van der Waals surface area contributed by atoms with Crippen LogP contribution in [0.15, 0.2) is 36.8 Å². The highest BCUT2D eigenvalue weighted by Crippen LogP contribution is 2.18. The van der Waals surface area contributed by atoms with Crippen molar-refractivity contribution in [1.82, 2.24) is 24.8 Å². The van der Waals surface area contributed by atoms with Gasteiger partial charge in [-0.2, -0.15) is 0 Å². The molecule has 3 rings (SSSR count). The second kappa shape index (κ2) is 10.1. The van der Waals surface area contributed by atoms with Crippen LogP contribution in [0.5, 0.6) is 0 Å². The first-order valence-electron chi connectivity index (χ1n) is 10.7. The van der Waals surface area contributed by atoms with Crippen molar-refractivity contribution in [2.45, 2.75) is 59.0 Å². The topological polar surface area (TPSA) is 110 Å². The second-order valence-electron chi connectivity index (χ2n) is 7.82. The van der Waals surface area contributed by atoms with Crippen molar-refractivity contribution in [3.05, 3.63) is 53.7 Å². The van der Waals surface area contributed by atoms with Crippen LogP contribution in [0, 0.1) is 5.92 Å². The van der Waals surface area contributed by atoms with E-state index < -0.39 is 12.0 Å². The number of carboxylic acids is 1. The number of rotatable bonds is 10. The van der Waals surface area contributed by atoms with Crippen LogP contribution in [0.3, 0.4) is 0 Å². The van der Waals surface area contributed by atoms with Gasteiger partial charge in [0.1, 0.15) is 23.7 Å². The van der Waals surface area contributed by atoms with Gasteiger partial charge in [-0.1, -0.05) is 45.7 Å². The highest BCUT2D eigenvalue weighted by atomic mass is 16.4. The fraction of sp³-hybridized carbons (Fsp3) is 0.435. The molecular weight excluding hydrogens is 394 g/mol. The largest absolute Gasteiger partial charge is 0.480 e. The maximum atomic E-state index is 12.5. The zero-order valence-corrected chi connectivity index (χ0v) is 18.2. The van der Waals surface area contributed by atoms with Crippen molar-refractivity contribution in [2.75, 3.05) is 0 Å². The quantitative estimate of drug-likeness (QED) is 0.517. The SMILES string of the molecule is CCCCc1nc2cncnc2n1Cc1ccc(C(=O)N[C@H](C(=O)O)[C@@H](C)CC)cc1.